The van der Waals surface area contributed by atoms with E-state index in [2.05, 4.69) is 31.9 Å². The minimum absolute atomic E-state index is 0.449. The molecule has 0 aliphatic heterocycles. The maximum absolute atomic E-state index is 11.6. The van der Waals surface area contributed by atoms with Gasteiger partial charge in [-0.3, -0.25) is 4.79 Å². The van der Waals surface area contributed by atoms with Gasteiger partial charge in [0.05, 0.1) is 0 Å². The van der Waals surface area contributed by atoms with E-state index >= 15 is 0 Å². The van der Waals surface area contributed by atoms with E-state index in [-0.39, 0.29) is 0 Å². The van der Waals surface area contributed by atoms with Crippen molar-refractivity contribution in [2.24, 2.45) is 0 Å². The molecule has 0 aliphatic carbocycles. The molecular formula is C17H12Br2O7. The fraction of sp³-hybridized carbons (Fsp3) is 0.118. The number of ether oxygens (including phenoxy) is 2. The Morgan fingerprint density at radius 1 is 0.808 bits per heavy atom. The van der Waals surface area contributed by atoms with E-state index in [1.165, 1.54) is 12.2 Å². The van der Waals surface area contributed by atoms with Crippen LogP contribution >= 0.6 is 31.9 Å². The molecule has 7 nitrogen and oxygen atoms in total. The topological polar surface area (TPSA) is 96.0 Å². The summed E-state index contributed by atoms with van der Waals surface area (Å²) in [5.41, 5.74) is 0. The molecule has 0 amide bonds. The molecule has 0 spiro atoms. The van der Waals surface area contributed by atoms with Gasteiger partial charge in [-0.25, -0.2) is 9.59 Å². The Bertz CT molecular complexity index is 777. The Labute approximate surface area is 164 Å². The summed E-state index contributed by atoms with van der Waals surface area (Å²) in [5.74, 6) is -1.11. The number of esters is 2. The Balaban J connectivity index is 1.66. The third-order valence-corrected chi connectivity index (χ3v) is 3.56. The summed E-state index contributed by atoms with van der Waals surface area (Å²) < 4.78 is 20.9. The van der Waals surface area contributed by atoms with Crippen LogP contribution in [0.1, 0.15) is 11.5 Å². The van der Waals surface area contributed by atoms with Crippen LogP contribution in [0, 0.1) is 0 Å². The molecule has 2 heterocycles. The zero-order chi connectivity index (χ0) is 18.9. The van der Waals surface area contributed by atoms with Gasteiger partial charge < -0.3 is 18.3 Å². The highest BCUT2D eigenvalue weighted by Gasteiger charge is 2.08. The molecule has 0 atom stereocenters. The Morgan fingerprint density at radius 3 is 1.58 bits per heavy atom. The second-order valence-electron chi connectivity index (χ2n) is 4.70. The first-order chi connectivity index (χ1) is 12.4. The second-order valence-corrected chi connectivity index (χ2v) is 6.27. The summed E-state index contributed by atoms with van der Waals surface area (Å²) in [4.78, 5) is 34.5. The van der Waals surface area contributed by atoms with E-state index in [1.54, 1.807) is 24.3 Å². The summed E-state index contributed by atoms with van der Waals surface area (Å²) in [6.07, 6.45) is 5.04. The average Bonchev–Trinajstić information content (AvgIpc) is 3.22. The van der Waals surface area contributed by atoms with Crippen LogP contribution in [0.4, 0.5) is 0 Å². The molecule has 0 N–H and O–H groups in total. The van der Waals surface area contributed by atoms with Crippen LogP contribution < -0.4 is 0 Å². The number of furan rings is 2. The normalized spacial score (nSPS) is 11.2. The number of hydrogen-bond acceptors (Lipinski definition) is 7. The number of carbonyl (C=O) groups excluding carboxylic acids is 3. The highest BCUT2D eigenvalue weighted by Crippen LogP contribution is 2.15. The second kappa shape index (κ2) is 9.93. The number of ketones is 1. The molecule has 9 heteroatoms. The average molecular weight is 488 g/mol. The number of hydrogen-bond donors (Lipinski definition) is 0. The summed E-state index contributed by atoms with van der Waals surface area (Å²) in [6, 6.07) is 6.63. The van der Waals surface area contributed by atoms with Crippen LogP contribution in [0.25, 0.3) is 12.2 Å². The molecule has 26 heavy (non-hydrogen) atoms. The van der Waals surface area contributed by atoms with Crippen molar-refractivity contribution in [3.05, 3.63) is 57.3 Å². The van der Waals surface area contributed by atoms with Gasteiger partial charge in [0, 0.05) is 12.2 Å². The van der Waals surface area contributed by atoms with Crippen LogP contribution in [-0.2, 0) is 23.9 Å². The van der Waals surface area contributed by atoms with Crippen LogP contribution in [0.15, 0.2) is 54.6 Å². The first kappa shape index (κ1) is 19.9. The molecule has 0 unspecified atom stereocenters. The summed E-state index contributed by atoms with van der Waals surface area (Å²) in [6.45, 7) is -1.01. The molecule has 2 aromatic rings. The van der Waals surface area contributed by atoms with Gasteiger partial charge in [0.2, 0.25) is 5.78 Å². The van der Waals surface area contributed by atoms with Crippen LogP contribution in [0.3, 0.4) is 0 Å². The van der Waals surface area contributed by atoms with Gasteiger partial charge in [0.1, 0.15) is 11.5 Å². The Kier molecular flexibility index (Phi) is 7.61. The van der Waals surface area contributed by atoms with Gasteiger partial charge in [-0.2, -0.15) is 0 Å². The standard InChI is InChI=1S/C17H12Br2O7/c18-14-5-1-12(25-14)3-7-16(21)23-9-11(20)10-24-17(22)8-4-13-2-6-15(19)26-13/h1-8H,9-10H2/b7-3+,8-4+. The molecule has 2 aromatic heterocycles. The smallest absolute Gasteiger partial charge is 0.331 e. The molecule has 0 aromatic carbocycles. The zero-order valence-corrected chi connectivity index (χ0v) is 16.3. The number of carbonyl (C=O) groups is 3. The maximum Gasteiger partial charge on any atom is 0.331 e. The molecular weight excluding hydrogens is 476 g/mol. The highest BCUT2D eigenvalue weighted by molar-refractivity contribution is 9.10. The van der Waals surface area contributed by atoms with E-state index in [0.717, 1.165) is 12.2 Å². The predicted molar refractivity (Wildman–Crippen MR) is 97.8 cm³/mol. The zero-order valence-electron chi connectivity index (χ0n) is 13.1. The lowest BCUT2D eigenvalue weighted by Gasteiger charge is -2.02. The third kappa shape index (κ3) is 7.24. The molecule has 0 aliphatic rings. The molecule has 0 saturated carbocycles. The van der Waals surface area contributed by atoms with E-state index in [9.17, 15) is 14.4 Å². The van der Waals surface area contributed by atoms with Crippen LogP contribution in [0.2, 0.25) is 0 Å². The van der Waals surface area contributed by atoms with E-state index in [4.69, 9.17) is 18.3 Å². The van der Waals surface area contributed by atoms with E-state index < -0.39 is 30.9 Å². The predicted octanol–water partition coefficient (Wildman–Crippen LogP) is 3.78. The monoisotopic (exact) mass is 486 g/mol. The van der Waals surface area contributed by atoms with Gasteiger partial charge in [-0.15, -0.1) is 0 Å². The Hall–Kier alpha value is -2.39. The summed E-state index contributed by atoms with van der Waals surface area (Å²) in [5, 5.41) is 0. The van der Waals surface area contributed by atoms with E-state index in [0.29, 0.717) is 20.9 Å². The van der Waals surface area contributed by atoms with Gasteiger partial charge in [-0.1, -0.05) is 0 Å². The highest BCUT2D eigenvalue weighted by atomic mass is 79.9. The van der Waals surface area contributed by atoms with Crippen molar-refractivity contribution in [2.75, 3.05) is 13.2 Å². The van der Waals surface area contributed by atoms with E-state index in [1.807, 2.05) is 0 Å². The quantitative estimate of drug-likeness (QED) is 0.413. The molecule has 2 rings (SSSR count). The molecule has 136 valence electrons. The minimum atomic E-state index is -0.722. The number of Topliss-reactive ketones (excluding diaryl/α,β-unsaturated/α-hetero) is 1. The Morgan fingerprint density at radius 2 is 1.23 bits per heavy atom. The fourth-order valence-electron chi connectivity index (χ4n) is 1.58. The van der Waals surface area contributed by atoms with Crippen molar-refractivity contribution in [3.8, 4) is 0 Å². The largest absolute Gasteiger partial charge is 0.454 e. The first-order valence-electron chi connectivity index (χ1n) is 7.14. The first-order valence-corrected chi connectivity index (χ1v) is 8.73. The van der Waals surface area contributed by atoms with Crippen molar-refractivity contribution in [3.63, 3.8) is 0 Å². The lowest BCUT2D eigenvalue weighted by Crippen LogP contribution is -2.19. The van der Waals surface area contributed by atoms with Crippen LogP contribution in [0.5, 0.6) is 0 Å². The third-order valence-electron chi connectivity index (χ3n) is 2.71. The SMILES string of the molecule is O=C(COC(=O)/C=C/c1ccc(Br)o1)COC(=O)/C=C/c1ccc(Br)o1. The minimum Gasteiger partial charge on any atom is -0.454 e. The van der Waals surface area contributed by atoms with Gasteiger partial charge in [0.15, 0.2) is 22.6 Å². The van der Waals surface area contributed by atoms with Crippen molar-refractivity contribution in [1.29, 1.82) is 0 Å². The number of rotatable bonds is 8. The summed E-state index contributed by atoms with van der Waals surface area (Å²) in [7, 11) is 0. The van der Waals surface area contributed by atoms with Gasteiger partial charge in [0.25, 0.3) is 0 Å². The fourth-order valence-corrected chi connectivity index (χ4v) is 2.22. The van der Waals surface area contributed by atoms with Crippen molar-refractivity contribution in [1.82, 2.24) is 0 Å². The van der Waals surface area contributed by atoms with Crippen molar-refractivity contribution >= 4 is 61.7 Å². The van der Waals surface area contributed by atoms with Crippen molar-refractivity contribution in [2.45, 2.75) is 0 Å². The van der Waals surface area contributed by atoms with Gasteiger partial charge in [-0.05, 0) is 68.3 Å². The summed E-state index contributed by atoms with van der Waals surface area (Å²) >= 11 is 6.26. The molecule has 0 radical (unpaired) electrons. The lowest BCUT2D eigenvalue weighted by atomic mass is 10.4. The van der Waals surface area contributed by atoms with Gasteiger partial charge >= 0.3 is 11.9 Å². The lowest BCUT2D eigenvalue weighted by molar-refractivity contribution is -0.148. The maximum atomic E-state index is 11.6. The molecule has 0 fully saturated rings. The molecule has 0 saturated heterocycles. The van der Waals surface area contributed by atoms with Crippen LogP contribution in [-0.4, -0.2) is 30.9 Å². The molecule has 0 bridgehead atoms. The van der Waals surface area contributed by atoms with Crippen molar-refractivity contribution < 1.29 is 32.7 Å². The number of halogens is 2.